The van der Waals surface area contributed by atoms with Crippen molar-refractivity contribution in [3.8, 4) is 5.75 Å². The molecule has 0 heterocycles. The van der Waals surface area contributed by atoms with Crippen LogP contribution in [0.2, 0.25) is 0 Å². The summed E-state index contributed by atoms with van der Waals surface area (Å²) in [7, 11) is -4.19. The largest absolute Gasteiger partial charge is 0.494 e. The molecule has 0 fully saturated rings. The summed E-state index contributed by atoms with van der Waals surface area (Å²) in [5, 5.41) is 2.89. The maximum absolute atomic E-state index is 14.0. The molecule has 0 aromatic heterocycles. The molecule has 3 rings (SSSR count). The monoisotopic (exact) mass is 615 g/mol. The number of carbonyl (C=O) groups excluding carboxylic acids is 2. The Morgan fingerprint density at radius 1 is 0.952 bits per heavy atom. The smallest absolute Gasteiger partial charge is 0.264 e. The summed E-state index contributed by atoms with van der Waals surface area (Å²) in [6.45, 7) is 7.08. The molecule has 0 radical (unpaired) electrons. The fraction of sp³-hybridized carbons (Fsp3) is 0.355. The number of rotatable bonds is 14. The molecular formula is C31H38FN3O5S2. The SMILES string of the molecule is CCOc1ccc(N(CC(=O)N(Cc2ccc(F)cc2)[C@@H](C)C(=O)N[C@@H](C)CC)S(=O)(=O)c2ccc(SC)cc2)cc1. The van der Waals surface area contributed by atoms with Gasteiger partial charge in [0.2, 0.25) is 11.8 Å². The zero-order valence-electron chi connectivity index (χ0n) is 24.5. The van der Waals surface area contributed by atoms with E-state index in [0.29, 0.717) is 24.3 Å². The summed E-state index contributed by atoms with van der Waals surface area (Å²) in [6.07, 6.45) is 2.59. The summed E-state index contributed by atoms with van der Waals surface area (Å²) < 4.78 is 48.1. The average molecular weight is 616 g/mol. The molecular weight excluding hydrogens is 577 g/mol. The summed E-state index contributed by atoms with van der Waals surface area (Å²) >= 11 is 1.48. The first-order valence-corrected chi connectivity index (χ1v) is 16.4. The van der Waals surface area contributed by atoms with E-state index in [1.807, 2.05) is 27.0 Å². The molecule has 8 nitrogen and oxygen atoms in total. The Morgan fingerprint density at radius 3 is 2.12 bits per heavy atom. The Hall–Kier alpha value is -3.57. The van der Waals surface area contributed by atoms with Crippen LogP contribution in [-0.4, -0.2) is 56.6 Å². The lowest BCUT2D eigenvalue weighted by molar-refractivity contribution is -0.139. The highest BCUT2D eigenvalue weighted by atomic mass is 32.2. The van der Waals surface area contributed by atoms with Gasteiger partial charge in [0.1, 0.15) is 24.2 Å². The number of nitrogens with zero attached hydrogens (tertiary/aromatic N) is 2. The lowest BCUT2D eigenvalue weighted by atomic mass is 10.1. The van der Waals surface area contributed by atoms with Crippen molar-refractivity contribution in [2.24, 2.45) is 0 Å². The van der Waals surface area contributed by atoms with E-state index in [9.17, 15) is 22.4 Å². The van der Waals surface area contributed by atoms with E-state index >= 15 is 0 Å². The first-order chi connectivity index (χ1) is 20.0. The van der Waals surface area contributed by atoms with Crippen molar-refractivity contribution in [1.82, 2.24) is 10.2 Å². The Bertz CT molecular complexity index is 1430. The molecule has 226 valence electrons. The van der Waals surface area contributed by atoms with Gasteiger partial charge in [-0.3, -0.25) is 13.9 Å². The zero-order chi connectivity index (χ0) is 30.9. The van der Waals surface area contributed by atoms with Gasteiger partial charge in [-0.2, -0.15) is 0 Å². The lowest BCUT2D eigenvalue weighted by Crippen LogP contribution is -2.52. The Kier molecular flexibility index (Phi) is 11.8. The van der Waals surface area contributed by atoms with Crippen LogP contribution >= 0.6 is 11.8 Å². The second-order valence-corrected chi connectivity index (χ2v) is 12.5. The zero-order valence-corrected chi connectivity index (χ0v) is 26.2. The Labute approximate surface area is 252 Å². The highest BCUT2D eigenvalue weighted by molar-refractivity contribution is 7.98. The van der Waals surface area contributed by atoms with Gasteiger partial charge in [-0.25, -0.2) is 12.8 Å². The van der Waals surface area contributed by atoms with E-state index in [0.717, 1.165) is 9.20 Å². The molecule has 0 bridgehead atoms. The topological polar surface area (TPSA) is 96.0 Å². The van der Waals surface area contributed by atoms with Crippen LogP contribution in [0, 0.1) is 5.82 Å². The van der Waals surface area contributed by atoms with Crippen molar-refractivity contribution in [2.45, 2.75) is 62.5 Å². The van der Waals surface area contributed by atoms with Crippen LogP contribution in [0.15, 0.2) is 82.6 Å². The predicted molar refractivity (Wildman–Crippen MR) is 165 cm³/mol. The number of carbonyl (C=O) groups is 2. The third-order valence-electron chi connectivity index (χ3n) is 6.80. The molecule has 1 N–H and O–H groups in total. The maximum Gasteiger partial charge on any atom is 0.264 e. The van der Waals surface area contributed by atoms with Gasteiger partial charge in [0.15, 0.2) is 0 Å². The highest BCUT2D eigenvalue weighted by Gasteiger charge is 2.33. The molecule has 2 amide bonds. The molecule has 0 aliphatic heterocycles. The fourth-order valence-corrected chi connectivity index (χ4v) is 5.94. The molecule has 2 atom stereocenters. The van der Waals surface area contributed by atoms with E-state index in [-0.39, 0.29) is 29.1 Å². The molecule has 11 heteroatoms. The summed E-state index contributed by atoms with van der Waals surface area (Å²) in [6, 6.07) is 17.4. The normalized spacial score (nSPS) is 12.7. The Balaban J connectivity index is 2.03. The van der Waals surface area contributed by atoms with Gasteiger partial charge in [-0.15, -0.1) is 11.8 Å². The first-order valence-electron chi connectivity index (χ1n) is 13.7. The highest BCUT2D eigenvalue weighted by Crippen LogP contribution is 2.28. The third-order valence-corrected chi connectivity index (χ3v) is 9.33. The molecule has 0 spiro atoms. The number of ether oxygens (including phenoxy) is 1. The van der Waals surface area contributed by atoms with E-state index < -0.39 is 34.3 Å². The van der Waals surface area contributed by atoms with Crippen molar-refractivity contribution in [3.05, 3.63) is 84.2 Å². The molecule has 42 heavy (non-hydrogen) atoms. The van der Waals surface area contributed by atoms with Crippen LogP contribution in [0.4, 0.5) is 10.1 Å². The van der Waals surface area contributed by atoms with Gasteiger partial charge in [-0.05, 0) is 99.7 Å². The third kappa shape index (κ3) is 8.48. The summed E-state index contributed by atoms with van der Waals surface area (Å²) in [4.78, 5) is 29.3. The van der Waals surface area contributed by atoms with Gasteiger partial charge < -0.3 is 15.0 Å². The van der Waals surface area contributed by atoms with Crippen LogP contribution in [0.5, 0.6) is 5.75 Å². The van der Waals surface area contributed by atoms with Crippen LogP contribution in [0.1, 0.15) is 39.7 Å². The van der Waals surface area contributed by atoms with Crippen LogP contribution in [0.25, 0.3) is 0 Å². The van der Waals surface area contributed by atoms with Gasteiger partial charge in [0.05, 0.1) is 17.2 Å². The number of anilines is 1. The quantitative estimate of drug-likeness (QED) is 0.242. The average Bonchev–Trinajstić information content (AvgIpc) is 2.99. The minimum atomic E-state index is -4.19. The van der Waals surface area contributed by atoms with Crippen LogP contribution in [0.3, 0.4) is 0 Å². The summed E-state index contributed by atoms with van der Waals surface area (Å²) in [5.41, 5.74) is 0.857. The van der Waals surface area contributed by atoms with Gasteiger partial charge in [0, 0.05) is 17.5 Å². The van der Waals surface area contributed by atoms with Gasteiger partial charge in [0.25, 0.3) is 10.0 Å². The van der Waals surface area contributed by atoms with Gasteiger partial charge in [-0.1, -0.05) is 19.1 Å². The van der Waals surface area contributed by atoms with Crippen molar-refractivity contribution >= 4 is 39.3 Å². The standard InChI is InChI=1S/C31H38FN3O5S2/c1-6-22(3)33-31(37)23(4)34(20-24-8-10-25(32)11-9-24)30(36)21-35(26-12-14-27(15-13-26)40-7-2)42(38,39)29-18-16-28(41-5)17-19-29/h8-19,22-23H,6-7,20-21H2,1-5H3,(H,33,37)/t22-,23-/m0/s1. The number of benzene rings is 3. The molecule has 3 aromatic carbocycles. The number of hydrogen-bond acceptors (Lipinski definition) is 6. The number of nitrogens with one attached hydrogen (secondary N) is 1. The fourth-order valence-electron chi connectivity index (χ4n) is 4.11. The number of sulfonamides is 1. The number of amides is 2. The van der Waals surface area contributed by atoms with Crippen LogP contribution in [-0.2, 0) is 26.2 Å². The van der Waals surface area contributed by atoms with E-state index in [1.54, 1.807) is 43.3 Å². The molecule has 3 aromatic rings. The first kappa shape index (κ1) is 32.9. The minimum Gasteiger partial charge on any atom is -0.494 e. The second-order valence-electron chi connectivity index (χ2n) is 9.76. The predicted octanol–water partition coefficient (Wildman–Crippen LogP) is 5.47. The molecule has 0 saturated carbocycles. The molecule has 0 aliphatic rings. The Morgan fingerprint density at radius 2 is 1.57 bits per heavy atom. The summed E-state index contributed by atoms with van der Waals surface area (Å²) in [5.74, 6) is -0.839. The number of halogens is 1. The maximum atomic E-state index is 14.0. The van der Waals surface area contributed by atoms with E-state index in [4.69, 9.17) is 4.74 Å². The van der Waals surface area contributed by atoms with E-state index in [2.05, 4.69) is 5.32 Å². The van der Waals surface area contributed by atoms with E-state index in [1.165, 1.54) is 53.1 Å². The molecule has 0 unspecified atom stereocenters. The van der Waals surface area contributed by atoms with Crippen molar-refractivity contribution in [3.63, 3.8) is 0 Å². The van der Waals surface area contributed by atoms with Crippen LogP contribution < -0.4 is 14.4 Å². The van der Waals surface area contributed by atoms with Crippen molar-refractivity contribution < 1.29 is 27.1 Å². The lowest BCUT2D eigenvalue weighted by Gasteiger charge is -2.32. The van der Waals surface area contributed by atoms with Crippen molar-refractivity contribution in [1.29, 1.82) is 0 Å². The minimum absolute atomic E-state index is 0.0200. The second kappa shape index (κ2) is 15.1. The van der Waals surface area contributed by atoms with Gasteiger partial charge >= 0.3 is 0 Å². The van der Waals surface area contributed by atoms with Crippen molar-refractivity contribution in [2.75, 3.05) is 23.7 Å². The molecule has 0 aliphatic carbocycles. The molecule has 0 saturated heterocycles. The number of thioether (sulfide) groups is 1. The number of hydrogen-bond donors (Lipinski definition) is 1.